The van der Waals surface area contributed by atoms with Gasteiger partial charge in [-0.15, -0.1) is 0 Å². The summed E-state index contributed by atoms with van der Waals surface area (Å²) in [5.74, 6) is 0.468. The van der Waals surface area contributed by atoms with E-state index in [0.717, 1.165) is 11.0 Å². The van der Waals surface area contributed by atoms with Gasteiger partial charge in [0.1, 0.15) is 12.1 Å². The molecule has 0 fully saturated rings. The SMILES string of the molecule is CC(=O)NC(C=O)Cc1nc2ccccc2[nH]1. The van der Waals surface area contributed by atoms with Crippen molar-refractivity contribution in [1.82, 2.24) is 15.3 Å². The second-order valence-electron chi connectivity index (χ2n) is 3.85. The van der Waals surface area contributed by atoms with Crippen LogP contribution in [0.5, 0.6) is 0 Å². The molecule has 5 nitrogen and oxygen atoms in total. The molecule has 2 rings (SSSR count). The van der Waals surface area contributed by atoms with Crippen LogP contribution in [0.25, 0.3) is 11.0 Å². The number of nitrogens with zero attached hydrogens (tertiary/aromatic N) is 1. The summed E-state index contributed by atoms with van der Waals surface area (Å²) >= 11 is 0. The zero-order valence-corrected chi connectivity index (χ0v) is 9.43. The largest absolute Gasteiger partial charge is 0.346 e. The van der Waals surface area contributed by atoms with E-state index in [1.807, 2.05) is 24.3 Å². The topological polar surface area (TPSA) is 74.8 Å². The normalized spacial score (nSPS) is 12.3. The molecule has 0 saturated heterocycles. The highest BCUT2D eigenvalue weighted by molar-refractivity contribution is 5.78. The highest BCUT2D eigenvalue weighted by Crippen LogP contribution is 2.11. The standard InChI is InChI=1S/C12H13N3O2/c1-8(17)13-9(7-16)6-12-14-10-4-2-3-5-11(10)15-12/h2-5,7,9H,6H2,1H3,(H,13,17)(H,14,15). The molecule has 0 spiro atoms. The maximum absolute atomic E-state index is 10.9. The number of H-pyrrole nitrogens is 1. The molecular formula is C12H13N3O2. The van der Waals surface area contributed by atoms with E-state index < -0.39 is 6.04 Å². The van der Waals surface area contributed by atoms with Crippen LogP contribution in [0.3, 0.4) is 0 Å². The van der Waals surface area contributed by atoms with Gasteiger partial charge in [0.25, 0.3) is 0 Å². The predicted molar refractivity (Wildman–Crippen MR) is 63.5 cm³/mol. The molecule has 0 aliphatic rings. The van der Waals surface area contributed by atoms with E-state index in [1.54, 1.807) is 0 Å². The molecule has 5 heteroatoms. The van der Waals surface area contributed by atoms with Gasteiger partial charge in [-0.1, -0.05) is 12.1 Å². The van der Waals surface area contributed by atoms with Gasteiger partial charge >= 0.3 is 0 Å². The Hall–Kier alpha value is -2.17. The van der Waals surface area contributed by atoms with Crippen molar-refractivity contribution in [3.8, 4) is 0 Å². The summed E-state index contributed by atoms with van der Waals surface area (Å²) in [6.45, 7) is 1.38. The number of para-hydroxylation sites is 2. The van der Waals surface area contributed by atoms with Gasteiger partial charge in [0.05, 0.1) is 17.1 Å². The van der Waals surface area contributed by atoms with Crippen molar-refractivity contribution in [1.29, 1.82) is 0 Å². The second kappa shape index (κ2) is 4.78. The van der Waals surface area contributed by atoms with Crippen molar-refractivity contribution in [2.75, 3.05) is 0 Å². The summed E-state index contributed by atoms with van der Waals surface area (Å²) in [5.41, 5.74) is 1.78. The average molecular weight is 231 g/mol. The van der Waals surface area contributed by atoms with E-state index in [0.29, 0.717) is 18.5 Å². The van der Waals surface area contributed by atoms with Gasteiger partial charge in [-0.2, -0.15) is 0 Å². The van der Waals surface area contributed by atoms with E-state index in [1.165, 1.54) is 6.92 Å². The number of aldehydes is 1. The number of aromatic nitrogens is 2. The Morgan fingerprint density at radius 1 is 1.53 bits per heavy atom. The third-order valence-electron chi connectivity index (χ3n) is 2.40. The number of carbonyl (C=O) groups excluding carboxylic acids is 2. The van der Waals surface area contributed by atoms with Crippen LogP contribution in [0.2, 0.25) is 0 Å². The third kappa shape index (κ3) is 2.69. The van der Waals surface area contributed by atoms with Crippen LogP contribution in [-0.4, -0.2) is 28.2 Å². The quantitative estimate of drug-likeness (QED) is 0.764. The number of hydrogen-bond donors (Lipinski definition) is 2. The Kier molecular flexibility index (Phi) is 3.18. The van der Waals surface area contributed by atoms with Crippen LogP contribution in [0.4, 0.5) is 0 Å². The average Bonchev–Trinajstić information content (AvgIpc) is 2.69. The van der Waals surface area contributed by atoms with Crippen LogP contribution in [-0.2, 0) is 16.0 Å². The van der Waals surface area contributed by atoms with Gasteiger partial charge in [0.15, 0.2) is 0 Å². The Balaban J connectivity index is 2.16. The van der Waals surface area contributed by atoms with Crippen LogP contribution >= 0.6 is 0 Å². The maximum Gasteiger partial charge on any atom is 0.217 e. The lowest BCUT2D eigenvalue weighted by atomic mass is 10.2. The number of rotatable bonds is 4. The number of imidazole rings is 1. The van der Waals surface area contributed by atoms with Crippen molar-refractivity contribution in [2.24, 2.45) is 0 Å². The van der Waals surface area contributed by atoms with E-state index in [2.05, 4.69) is 15.3 Å². The van der Waals surface area contributed by atoms with Crippen LogP contribution in [0.15, 0.2) is 24.3 Å². The van der Waals surface area contributed by atoms with Gasteiger partial charge in [-0.25, -0.2) is 4.98 Å². The first-order chi connectivity index (χ1) is 8.19. The number of carbonyl (C=O) groups is 2. The first-order valence-electron chi connectivity index (χ1n) is 5.35. The van der Waals surface area contributed by atoms with Crippen molar-refractivity contribution < 1.29 is 9.59 Å². The molecule has 0 aliphatic carbocycles. The third-order valence-corrected chi connectivity index (χ3v) is 2.40. The zero-order chi connectivity index (χ0) is 12.3. The number of nitrogens with one attached hydrogen (secondary N) is 2. The molecule has 2 N–H and O–H groups in total. The minimum absolute atomic E-state index is 0.224. The van der Waals surface area contributed by atoms with Gasteiger partial charge in [-0.3, -0.25) is 4.79 Å². The van der Waals surface area contributed by atoms with Gasteiger partial charge in [-0.05, 0) is 12.1 Å². The molecule has 0 saturated carbocycles. The summed E-state index contributed by atoms with van der Waals surface area (Å²) in [6, 6.07) is 7.09. The fraction of sp³-hybridized carbons (Fsp3) is 0.250. The summed E-state index contributed by atoms with van der Waals surface area (Å²) in [7, 11) is 0. The van der Waals surface area contributed by atoms with E-state index in [9.17, 15) is 9.59 Å². The van der Waals surface area contributed by atoms with E-state index >= 15 is 0 Å². The molecule has 1 atom stereocenters. The van der Waals surface area contributed by atoms with Crippen LogP contribution in [0.1, 0.15) is 12.7 Å². The molecule has 1 aromatic carbocycles. The number of benzene rings is 1. The smallest absolute Gasteiger partial charge is 0.217 e. The van der Waals surface area contributed by atoms with E-state index in [4.69, 9.17) is 0 Å². The first kappa shape index (κ1) is 11.3. The summed E-state index contributed by atoms with van der Waals surface area (Å²) in [6.07, 6.45) is 1.09. The molecule has 0 radical (unpaired) electrons. The van der Waals surface area contributed by atoms with Crippen LogP contribution < -0.4 is 5.32 Å². The first-order valence-corrected chi connectivity index (χ1v) is 5.35. The molecule has 88 valence electrons. The number of hydrogen-bond acceptors (Lipinski definition) is 3. The Labute approximate surface area is 98.2 Å². The highest BCUT2D eigenvalue weighted by atomic mass is 16.2. The van der Waals surface area contributed by atoms with Gasteiger partial charge in [0.2, 0.25) is 5.91 Å². The minimum atomic E-state index is -0.534. The zero-order valence-electron chi connectivity index (χ0n) is 9.43. The van der Waals surface area contributed by atoms with Crippen LogP contribution in [0, 0.1) is 0 Å². The van der Waals surface area contributed by atoms with Gasteiger partial charge < -0.3 is 15.1 Å². The molecule has 2 aromatic rings. The maximum atomic E-state index is 10.9. The lowest BCUT2D eigenvalue weighted by molar-refractivity contribution is -0.122. The fourth-order valence-corrected chi connectivity index (χ4v) is 1.70. The lowest BCUT2D eigenvalue weighted by Crippen LogP contribution is -2.36. The molecule has 1 heterocycles. The van der Waals surface area contributed by atoms with Crippen molar-refractivity contribution in [3.05, 3.63) is 30.1 Å². The molecule has 0 bridgehead atoms. The Morgan fingerprint density at radius 3 is 2.94 bits per heavy atom. The molecular weight excluding hydrogens is 218 g/mol. The lowest BCUT2D eigenvalue weighted by Gasteiger charge is -2.08. The second-order valence-corrected chi connectivity index (χ2v) is 3.85. The number of fused-ring (bicyclic) bond motifs is 1. The Morgan fingerprint density at radius 2 is 2.29 bits per heavy atom. The number of amides is 1. The van der Waals surface area contributed by atoms with Crippen molar-refractivity contribution in [2.45, 2.75) is 19.4 Å². The molecule has 0 aliphatic heterocycles. The fourth-order valence-electron chi connectivity index (χ4n) is 1.70. The van der Waals surface area contributed by atoms with E-state index in [-0.39, 0.29) is 5.91 Å². The summed E-state index contributed by atoms with van der Waals surface area (Å²) in [5, 5.41) is 2.56. The summed E-state index contributed by atoms with van der Waals surface area (Å²) in [4.78, 5) is 29.1. The predicted octanol–water partition coefficient (Wildman–Crippen LogP) is 0.809. The molecule has 1 unspecified atom stereocenters. The number of aromatic amines is 1. The minimum Gasteiger partial charge on any atom is -0.346 e. The molecule has 1 amide bonds. The summed E-state index contributed by atoms with van der Waals surface area (Å²) < 4.78 is 0. The van der Waals surface area contributed by atoms with Crippen molar-refractivity contribution in [3.63, 3.8) is 0 Å². The monoisotopic (exact) mass is 231 g/mol. The van der Waals surface area contributed by atoms with Crippen molar-refractivity contribution >= 4 is 23.2 Å². The molecule has 17 heavy (non-hydrogen) atoms. The Bertz CT molecular complexity index is 514. The van der Waals surface area contributed by atoms with Gasteiger partial charge in [0, 0.05) is 13.3 Å². The molecule has 1 aromatic heterocycles. The highest BCUT2D eigenvalue weighted by Gasteiger charge is 2.12.